The van der Waals surface area contributed by atoms with Crippen molar-refractivity contribution in [3.8, 4) is 0 Å². The predicted molar refractivity (Wildman–Crippen MR) is 123 cm³/mol. The number of carbonyl (C=O) groups excluding carboxylic acids is 2. The van der Waals surface area contributed by atoms with Gasteiger partial charge in [-0.1, -0.05) is 33.8 Å². The molecule has 0 aromatic heterocycles. The summed E-state index contributed by atoms with van der Waals surface area (Å²) >= 11 is 0. The van der Waals surface area contributed by atoms with E-state index in [9.17, 15) is 9.59 Å². The fraction of sp³-hybridized carbons (Fsp3) is 0.769. The molecule has 1 saturated heterocycles. The van der Waals surface area contributed by atoms with Crippen LogP contribution in [0.4, 0.5) is 0 Å². The molecule has 1 saturated carbocycles. The molecule has 3 aliphatic carbocycles. The number of hydrogen-bond acceptors (Lipinski definition) is 3. The van der Waals surface area contributed by atoms with Gasteiger partial charge in [-0.25, -0.2) is 0 Å². The van der Waals surface area contributed by atoms with Gasteiger partial charge in [-0.15, -0.1) is 0 Å². The zero-order chi connectivity index (χ0) is 22.5. The van der Waals surface area contributed by atoms with E-state index < -0.39 is 0 Å². The van der Waals surface area contributed by atoms with Gasteiger partial charge in [-0.05, 0) is 71.1 Å². The monoisotopic (exact) mass is 414 g/mol. The molecule has 6 atom stereocenters. The molecule has 2 N–H and O–H groups in total. The quantitative estimate of drug-likeness (QED) is 0.624. The molecular formula is C26H42N2O2. The molecule has 0 spiro atoms. The summed E-state index contributed by atoms with van der Waals surface area (Å²) in [6.45, 7) is 17.1. The molecule has 0 aromatic rings. The Morgan fingerprint density at radius 2 is 1.80 bits per heavy atom. The second-order valence-corrected chi connectivity index (χ2v) is 11.2. The van der Waals surface area contributed by atoms with Crippen LogP contribution >= 0.6 is 0 Å². The summed E-state index contributed by atoms with van der Waals surface area (Å²) in [6, 6.07) is 0.332. The van der Waals surface area contributed by atoms with Crippen molar-refractivity contribution in [3.05, 3.63) is 23.4 Å². The van der Waals surface area contributed by atoms with Crippen molar-refractivity contribution in [2.75, 3.05) is 0 Å². The minimum Gasteiger partial charge on any atom is -0.385 e. The van der Waals surface area contributed by atoms with Gasteiger partial charge >= 0.3 is 0 Å². The largest absolute Gasteiger partial charge is 0.385 e. The highest BCUT2D eigenvalue weighted by atomic mass is 16.2. The van der Waals surface area contributed by atoms with Crippen LogP contribution in [0.1, 0.15) is 87.5 Å². The summed E-state index contributed by atoms with van der Waals surface area (Å²) in [4.78, 5) is 25.1. The minimum absolute atomic E-state index is 0.0471. The summed E-state index contributed by atoms with van der Waals surface area (Å²) in [6.07, 6.45) is 8.89. The molecule has 30 heavy (non-hydrogen) atoms. The van der Waals surface area contributed by atoms with Crippen molar-refractivity contribution < 1.29 is 9.59 Å². The van der Waals surface area contributed by atoms with Crippen molar-refractivity contribution in [3.63, 3.8) is 0 Å². The van der Waals surface area contributed by atoms with Crippen LogP contribution in [0.2, 0.25) is 0 Å². The van der Waals surface area contributed by atoms with Crippen LogP contribution < -0.4 is 10.6 Å². The van der Waals surface area contributed by atoms with Gasteiger partial charge in [-0.2, -0.15) is 0 Å². The fourth-order valence-corrected chi connectivity index (χ4v) is 6.82. The fourth-order valence-electron chi connectivity index (χ4n) is 6.82. The summed E-state index contributed by atoms with van der Waals surface area (Å²) in [5.74, 6) is 1.98. The lowest BCUT2D eigenvalue weighted by atomic mass is 9.48. The van der Waals surface area contributed by atoms with Crippen molar-refractivity contribution in [2.24, 2.45) is 28.6 Å². The smallest absolute Gasteiger partial charge is 0.247 e. The summed E-state index contributed by atoms with van der Waals surface area (Å²) < 4.78 is 0. The van der Waals surface area contributed by atoms with E-state index in [1.807, 2.05) is 40.7 Å². The Morgan fingerprint density at radius 1 is 1.13 bits per heavy atom. The van der Waals surface area contributed by atoms with Crippen LogP contribution in [0.3, 0.4) is 0 Å². The molecule has 1 heterocycles. The molecule has 4 aliphatic rings. The Bertz CT molecular complexity index is 774. The zero-order valence-corrected chi connectivity index (χ0v) is 20.3. The first-order valence-electron chi connectivity index (χ1n) is 12.0. The topological polar surface area (TPSA) is 58.2 Å². The van der Waals surface area contributed by atoms with Crippen molar-refractivity contribution in [1.82, 2.24) is 10.6 Å². The number of nitrogens with one attached hydrogen (secondary N) is 2. The number of amides is 1. The molecule has 168 valence electrons. The van der Waals surface area contributed by atoms with Crippen molar-refractivity contribution in [1.29, 1.82) is 0 Å². The number of allylic oxidation sites excluding steroid dienone is 3. The van der Waals surface area contributed by atoms with Crippen LogP contribution in [0.15, 0.2) is 23.4 Å². The normalized spacial score (nSPS) is 39.8. The van der Waals surface area contributed by atoms with E-state index in [2.05, 4.69) is 37.5 Å². The highest BCUT2D eigenvalue weighted by Gasteiger charge is 2.60. The Morgan fingerprint density at radius 3 is 2.43 bits per heavy atom. The molecule has 1 aliphatic heterocycles. The third-order valence-electron chi connectivity index (χ3n) is 8.24. The average Bonchev–Trinajstić information content (AvgIpc) is 3.01. The van der Waals surface area contributed by atoms with Crippen molar-refractivity contribution in [2.45, 2.75) is 99.1 Å². The molecular weight excluding hydrogens is 372 g/mol. The van der Waals surface area contributed by atoms with Gasteiger partial charge in [0.05, 0.1) is 0 Å². The van der Waals surface area contributed by atoms with E-state index in [-0.39, 0.29) is 28.1 Å². The molecule has 0 bridgehead atoms. The Labute approximate surface area is 183 Å². The molecule has 3 unspecified atom stereocenters. The highest BCUT2D eigenvalue weighted by Crippen LogP contribution is 2.63. The van der Waals surface area contributed by atoms with Crippen LogP contribution in [-0.4, -0.2) is 23.3 Å². The highest BCUT2D eigenvalue weighted by molar-refractivity contribution is 5.96. The SMILES string of the molecule is CC.C[C@H]1NC2=CC(=O)CC[C@]2(C)C2CC[C@]3(C)C(C(=O)NC(C)(C)C)=CCC3C21. The van der Waals surface area contributed by atoms with Gasteiger partial charge in [0, 0.05) is 46.2 Å². The lowest BCUT2D eigenvalue weighted by molar-refractivity contribution is -0.122. The van der Waals surface area contributed by atoms with E-state index in [0.717, 1.165) is 37.0 Å². The van der Waals surface area contributed by atoms with E-state index in [1.165, 1.54) is 0 Å². The molecule has 2 fully saturated rings. The predicted octanol–water partition coefficient (Wildman–Crippen LogP) is 5.15. The summed E-state index contributed by atoms with van der Waals surface area (Å²) in [5, 5.41) is 6.91. The Balaban J connectivity index is 0.00000124. The molecule has 4 nitrogen and oxygen atoms in total. The van der Waals surface area contributed by atoms with Crippen LogP contribution in [0, 0.1) is 28.6 Å². The van der Waals surface area contributed by atoms with Gasteiger partial charge in [0.2, 0.25) is 5.91 Å². The Kier molecular flexibility index (Phi) is 6.03. The number of fused-ring (bicyclic) bond motifs is 5. The second-order valence-electron chi connectivity index (χ2n) is 11.2. The molecule has 1 amide bonds. The molecule has 4 rings (SSSR count). The van der Waals surface area contributed by atoms with Crippen molar-refractivity contribution >= 4 is 11.7 Å². The van der Waals surface area contributed by atoms with Gasteiger partial charge < -0.3 is 10.6 Å². The maximum Gasteiger partial charge on any atom is 0.247 e. The number of ketones is 1. The van der Waals surface area contributed by atoms with Gasteiger partial charge in [0.15, 0.2) is 5.78 Å². The lowest BCUT2D eigenvalue weighted by Crippen LogP contribution is -2.60. The Hall–Kier alpha value is -1.58. The third-order valence-corrected chi connectivity index (χ3v) is 8.24. The van der Waals surface area contributed by atoms with Crippen LogP contribution in [0.25, 0.3) is 0 Å². The average molecular weight is 415 g/mol. The number of carbonyl (C=O) groups is 2. The lowest BCUT2D eigenvalue weighted by Gasteiger charge is -2.60. The molecule has 0 aromatic carbocycles. The van der Waals surface area contributed by atoms with E-state index >= 15 is 0 Å². The maximum atomic E-state index is 13.0. The van der Waals surface area contributed by atoms with E-state index in [0.29, 0.717) is 30.2 Å². The van der Waals surface area contributed by atoms with E-state index in [4.69, 9.17) is 0 Å². The summed E-state index contributed by atoms with van der Waals surface area (Å²) in [5.41, 5.74) is 1.98. The molecule has 0 radical (unpaired) electrons. The first-order valence-corrected chi connectivity index (χ1v) is 12.0. The van der Waals surface area contributed by atoms with Gasteiger partial charge in [0.25, 0.3) is 0 Å². The first-order chi connectivity index (χ1) is 14.0. The van der Waals surface area contributed by atoms with E-state index in [1.54, 1.807) is 0 Å². The first kappa shape index (κ1) is 23.1. The van der Waals surface area contributed by atoms with Gasteiger partial charge in [0.1, 0.15) is 0 Å². The van der Waals surface area contributed by atoms with Crippen LogP contribution in [0.5, 0.6) is 0 Å². The molecule has 4 heteroatoms. The van der Waals surface area contributed by atoms with Gasteiger partial charge in [-0.3, -0.25) is 9.59 Å². The standard InChI is InChI=1S/C24H36N2O2.C2H6/c1-14-20-16-7-8-18(21(28)26-22(2,3)4)23(16,5)12-10-17(20)24(6)11-9-15(27)13-19(24)25-14;1-2/h8,13-14,16-17,20,25H,7,9-12H2,1-6H3,(H,26,28);1-2H3/t14-,16?,17?,20?,23+,24-;/m1./s1. The number of rotatable bonds is 1. The number of hydrogen-bond donors (Lipinski definition) is 2. The maximum absolute atomic E-state index is 13.0. The third kappa shape index (κ3) is 3.65. The van der Waals surface area contributed by atoms with Crippen LogP contribution in [-0.2, 0) is 9.59 Å². The second kappa shape index (κ2) is 7.84. The zero-order valence-electron chi connectivity index (χ0n) is 20.3. The minimum atomic E-state index is -0.217. The summed E-state index contributed by atoms with van der Waals surface area (Å²) in [7, 11) is 0. The number of piperidine rings is 1.